The quantitative estimate of drug-likeness (QED) is 0.800. The van der Waals surface area contributed by atoms with Crippen molar-refractivity contribution >= 4 is 5.91 Å². The molecule has 1 aromatic carbocycles. The van der Waals surface area contributed by atoms with Crippen molar-refractivity contribution in [1.82, 2.24) is 5.32 Å². The zero-order chi connectivity index (χ0) is 13.6. The summed E-state index contributed by atoms with van der Waals surface area (Å²) in [7, 11) is 1.61. The first-order valence-corrected chi connectivity index (χ1v) is 6.06. The molecule has 0 saturated heterocycles. The van der Waals surface area contributed by atoms with Crippen LogP contribution < -0.4 is 15.8 Å². The second kappa shape index (κ2) is 6.40. The third-order valence-corrected chi connectivity index (χ3v) is 2.82. The van der Waals surface area contributed by atoms with E-state index in [1.165, 1.54) is 0 Å². The van der Waals surface area contributed by atoms with E-state index in [0.29, 0.717) is 19.5 Å². The molecule has 0 radical (unpaired) electrons. The van der Waals surface area contributed by atoms with Crippen molar-refractivity contribution in [2.45, 2.75) is 20.3 Å². The molecule has 4 heteroatoms. The molecule has 3 N–H and O–H groups in total. The molecule has 0 aliphatic rings. The molecule has 0 spiro atoms. The number of hydrogen-bond acceptors (Lipinski definition) is 3. The molecule has 100 valence electrons. The summed E-state index contributed by atoms with van der Waals surface area (Å²) in [5.41, 5.74) is 6.49. The molecule has 0 atom stereocenters. The van der Waals surface area contributed by atoms with Crippen LogP contribution in [0.25, 0.3) is 0 Å². The molecule has 1 aromatic rings. The molecule has 0 heterocycles. The number of hydrogen-bond donors (Lipinski definition) is 2. The minimum absolute atomic E-state index is 0.00442. The Labute approximate surface area is 109 Å². The zero-order valence-electron chi connectivity index (χ0n) is 11.3. The van der Waals surface area contributed by atoms with Crippen LogP contribution in [0, 0.1) is 5.41 Å². The van der Waals surface area contributed by atoms with Crippen LogP contribution in [0.15, 0.2) is 24.3 Å². The monoisotopic (exact) mass is 250 g/mol. The summed E-state index contributed by atoms with van der Waals surface area (Å²) in [4.78, 5) is 11.8. The number of methoxy groups -OCH3 is 1. The smallest absolute Gasteiger partial charge is 0.224 e. The summed E-state index contributed by atoms with van der Waals surface area (Å²) in [5, 5.41) is 2.90. The number of carbonyl (C=O) groups is 1. The fourth-order valence-corrected chi connectivity index (χ4v) is 1.44. The van der Waals surface area contributed by atoms with E-state index >= 15 is 0 Å². The van der Waals surface area contributed by atoms with Gasteiger partial charge in [-0.2, -0.15) is 0 Å². The van der Waals surface area contributed by atoms with Crippen LogP contribution in [-0.2, 0) is 11.2 Å². The Hall–Kier alpha value is -1.55. The van der Waals surface area contributed by atoms with Gasteiger partial charge in [-0.25, -0.2) is 0 Å². The molecular weight excluding hydrogens is 228 g/mol. The number of nitrogens with one attached hydrogen (secondary N) is 1. The van der Waals surface area contributed by atoms with Gasteiger partial charge in [0.05, 0.1) is 13.5 Å². The Kier molecular flexibility index (Phi) is 5.16. The molecule has 1 rings (SSSR count). The molecule has 0 unspecified atom stereocenters. The molecule has 1 amide bonds. The highest BCUT2D eigenvalue weighted by Crippen LogP contribution is 2.13. The molecule has 0 fully saturated rings. The van der Waals surface area contributed by atoms with Crippen molar-refractivity contribution in [1.29, 1.82) is 0 Å². The number of nitrogens with two attached hydrogens (primary N) is 1. The van der Waals surface area contributed by atoms with Gasteiger partial charge in [-0.1, -0.05) is 26.0 Å². The maximum atomic E-state index is 11.8. The molecule has 4 nitrogen and oxygen atoms in total. The van der Waals surface area contributed by atoms with Gasteiger partial charge >= 0.3 is 0 Å². The summed E-state index contributed by atoms with van der Waals surface area (Å²) in [6.07, 6.45) is 0.359. The van der Waals surface area contributed by atoms with Crippen LogP contribution in [0.2, 0.25) is 0 Å². The lowest BCUT2D eigenvalue weighted by molar-refractivity contribution is -0.120. The maximum absolute atomic E-state index is 11.8. The summed E-state index contributed by atoms with van der Waals surface area (Å²) in [6, 6.07) is 7.52. The van der Waals surface area contributed by atoms with Gasteiger partial charge in [-0.15, -0.1) is 0 Å². The number of benzene rings is 1. The van der Waals surface area contributed by atoms with Gasteiger partial charge in [-0.05, 0) is 29.7 Å². The lowest BCUT2D eigenvalue weighted by Crippen LogP contribution is -2.39. The Morgan fingerprint density at radius 1 is 1.44 bits per heavy atom. The Morgan fingerprint density at radius 3 is 2.78 bits per heavy atom. The number of ether oxygens (including phenoxy) is 1. The molecular formula is C14H22N2O2. The van der Waals surface area contributed by atoms with E-state index in [2.05, 4.69) is 5.32 Å². The second-order valence-corrected chi connectivity index (χ2v) is 5.17. The summed E-state index contributed by atoms with van der Waals surface area (Å²) in [5.74, 6) is 0.771. The molecule has 0 saturated carbocycles. The van der Waals surface area contributed by atoms with E-state index in [9.17, 15) is 4.79 Å². The standard InChI is InChI=1S/C14H22N2O2/c1-14(2,9-15)10-16-13(17)8-11-5-4-6-12(7-11)18-3/h4-7H,8-10,15H2,1-3H3,(H,16,17). The van der Waals surface area contributed by atoms with E-state index < -0.39 is 0 Å². The van der Waals surface area contributed by atoms with Crippen LogP contribution in [0.5, 0.6) is 5.75 Å². The van der Waals surface area contributed by atoms with Crippen LogP contribution in [0.4, 0.5) is 0 Å². The fraction of sp³-hybridized carbons (Fsp3) is 0.500. The normalized spacial score (nSPS) is 11.1. The van der Waals surface area contributed by atoms with E-state index in [0.717, 1.165) is 11.3 Å². The third kappa shape index (κ3) is 4.75. The van der Waals surface area contributed by atoms with Gasteiger partial charge in [0.2, 0.25) is 5.91 Å². The van der Waals surface area contributed by atoms with Crippen molar-refractivity contribution < 1.29 is 9.53 Å². The van der Waals surface area contributed by atoms with Crippen molar-refractivity contribution in [3.63, 3.8) is 0 Å². The number of amides is 1. The van der Waals surface area contributed by atoms with E-state index in [1.54, 1.807) is 7.11 Å². The van der Waals surface area contributed by atoms with Gasteiger partial charge in [0.25, 0.3) is 0 Å². The first-order valence-electron chi connectivity index (χ1n) is 6.06. The zero-order valence-corrected chi connectivity index (χ0v) is 11.3. The average molecular weight is 250 g/mol. The minimum Gasteiger partial charge on any atom is -0.497 e. The van der Waals surface area contributed by atoms with Crippen molar-refractivity contribution in [3.8, 4) is 5.75 Å². The van der Waals surface area contributed by atoms with Gasteiger partial charge in [0.15, 0.2) is 0 Å². The Bertz CT molecular complexity index is 403. The lowest BCUT2D eigenvalue weighted by Gasteiger charge is -2.22. The van der Waals surface area contributed by atoms with Crippen LogP contribution in [-0.4, -0.2) is 26.1 Å². The Morgan fingerprint density at radius 2 is 2.17 bits per heavy atom. The molecule has 0 aliphatic heterocycles. The highest BCUT2D eigenvalue weighted by molar-refractivity contribution is 5.78. The molecule has 0 aromatic heterocycles. The average Bonchev–Trinajstić information content (AvgIpc) is 2.37. The molecule has 0 bridgehead atoms. The minimum atomic E-state index is -0.0654. The predicted molar refractivity (Wildman–Crippen MR) is 72.5 cm³/mol. The third-order valence-electron chi connectivity index (χ3n) is 2.82. The van der Waals surface area contributed by atoms with Crippen LogP contribution >= 0.6 is 0 Å². The van der Waals surface area contributed by atoms with Gasteiger partial charge in [-0.3, -0.25) is 4.79 Å². The first kappa shape index (κ1) is 14.5. The van der Waals surface area contributed by atoms with Gasteiger partial charge in [0.1, 0.15) is 5.75 Å². The maximum Gasteiger partial charge on any atom is 0.224 e. The molecule has 0 aliphatic carbocycles. The number of rotatable bonds is 6. The highest BCUT2D eigenvalue weighted by Gasteiger charge is 2.16. The first-order chi connectivity index (χ1) is 8.46. The van der Waals surface area contributed by atoms with E-state index in [1.807, 2.05) is 38.1 Å². The summed E-state index contributed by atoms with van der Waals surface area (Å²) >= 11 is 0. The highest BCUT2D eigenvalue weighted by atomic mass is 16.5. The fourth-order valence-electron chi connectivity index (χ4n) is 1.44. The lowest BCUT2D eigenvalue weighted by atomic mass is 9.94. The van der Waals surface area contributed by atoms with Crippen molar-refractivity contribution in [2.75, 3.05) is 20.2 Å². The van der Waals surface area contributed by atoms with E-state index in [4.69, 9.17) is 10.5 Å². The summed E-state index contributed by atoms with van der Waals surface area (Å²) in [6.45, 7) is 5.19. The van der Waals surface area contributed by atoms with Crippen LogP contribution in [0.1, 0.15) is 19.4 Å². The number of carbonyl (C=O) groups excluding carboxylic acids is 1. The predicted octanol–water partition coefficient (Wildman–Crippen LogP) is 1.34. The van der Waals surface area contributed by atoms with Crippen LogP contribution in [0.3, 0.4) is 0 Å². The SMILES string of the molecule is COc1cccc(CC(=O)NCC(C)(C)CN)c1. The summed E-state index contributed by atoms with van der Waals surface area (Å²) < 4.78 is 5.12. The second-order valence-electron chi connectivity index (χ2n) is 5.17. The largest absolute Gasteiger partial charge is 0.497 e. The van der Waals surface area contributed by atoms with E-state index in [-0.39, 0.29) is 11.3 Å². The van der Waals surface area contributed by atoms with Gasteiger partial charge < -0.3 is 15.8 Å². The van der Waals surface area contributed by atoms with Crippen molar-refractivity contribution in [2.24, 2.45) is 11.1 Å². The van der Waals surface area contributed by atoms with Gasteiger partial charge in [0, 0.05) is 6.54 Å². The Balaban J connectivity index is 2.49. The molecule has 18 heavy (non-hydrogen) atoms. The topological polar surface area (TPSA) is 64.3 Å². The van der Waals surface area contributed by atoms with Crippen molar-refractivity contribution in [3.05, 3.63) is 29.8 Å².